The summed E-state index contributed by atoms with van der Waals surface area (Å²) in [4.78, 5) is 59.9. The molecule has 0 saturated carbocycles. The Kier molecular flexibility index (Phi) is 7.17. The molecule has 2 rings (SSSR count). The van der Waals surface area contributed by atoms with E-state index in [9.17, 15) is 24.0 Å². The van der Waals surface area contributed by atoms with E-state index in [1.807, 2.05) is 0 Å². The third-order valence-electron chi connectivity index (χ3n) is 4.52. The van der Waals surface area contributed by atoms with E-state index in [-0.39, 0.29) is 13.1 Å². The molecule has 0 aromatic rings. The molecule has 0 N–H and O–H groups in total. The number of carbonyl (C=O) groups excluding carboxylic acids is 5. The average molecular weight is 415 g/mol. The zero-order valence-electron chi connectivity index (χ0n) is 16.9. The van der Waals surface area contributed by atoms with Gasteiger partial charge in [0.05, 0.1) is 6.04 Å². The molecule has 0 radical (unpaired) electrons. The van der Waals surface area contributed by atoms with Gasteiger partial charge in [-0.15, -0.1) is 0 Å². The normalized spacial score (nSPS) is 31.2. The Morgan fingerprint density at radius 3 is 1.31 bits per heavy atom. The Morgan fingerprint density at radius 2 is 0.897 bits per heavy atom. The van der Waals surface area contributed by atoms with Crippen molar-refractivity contribution >= 4 is 29.8 Å². The lowest BCUT2D eigenvalue weighted by Gasteiger charge is -2.44. The maximum Gasteiger partial charge on any atom is 0.303 e. The molecule has 6 atom stereocenters. The van der Waals surface area contributed by atoms with Crippen molar-refractivity contribution in [3.63, 3.8) is 0 Å². The van der Waals surface area contributed by atoms with Gasteiger partial charge in [0.15, 0.2) is 30.5 Å². The van der Waals surface area contributed by atoms with Crippen LogP contribution in [-0.4, -0.2) is 84.4 Å². The minimum Gasteiger partial charge on any atom is -0.457 e. The van der Waals surface area contributed by atoms with Crippen LogP contribution in [-0.2, 0) is 47.7 Å². The van der Waals surface area contributed by atoms with Crippen LogP contribution >= 0.6 is 0 Å². The van der Waals surface area contributed by atoms with Crippen molar-refractivity contribution in [1.82, 2.24) is 4.90 Å². The van der Waals surface area contributed by atoms with Crippen LogP contribution in [0, 0.1) is 0 Å². The number of hydrogen-bond donors (Lipinski definition) is 0. The summed E-state index contributed by atoms with van der Waals surface area (Å²) >= 11 is 0. The van der Waals surface area contributed by atoms with Gasteiger partial charge in [0.2, 0.25) is 0 Å². The molecule has 0 spiro atoms. The van der Waals surface area contributed by atoms with E-state index in [0.29, 0.717) is 0 Å². The third kappa shape index (κ3) is 5.66. The first-order valence-corrected chi connectivity index (χ1v) is 9.09. The number of nitrogens with zero attached hydrogens (tertiary/aromatic N) is 1. The fraction of sp³-hybridized carbons (Fsp3) is 0.722. The Hall–Kier alpha value is -2.69. The van der Waals surface area contributed by atoms with Crippen LogP contribution in [0.15, 0.2) is 0 Å². The second-order valence-electron chi connectivity index (χ2n) is 6.96. The monoisotopic (exact) mass is 415 g/mol. The number of ether oxygens (including phenoxy) is 5. The number of hydrogen-bond acceptors (Lipinski definition) is 11. The van der Waals surface area contributed by atoms with Crippen LogP contribution < -0.4 is 0 Å². The highest BCUT2D eigenvalue weighted by Gasteiger charge is 2.59. The predicted molar refractivity (Wildman–Crippen MR) is 93.1 cm³/mol. The van der Waals surface area contributed by atoms with Gasteiger partial charge in [-0.05, 0) is 0 Å². The number of piperidine rings is 1. The van der Waals surface area contributed by atoms with Crippen molar-refractivity contribution in [2.75, 3.05) is 13.1 Å². The molecule has 2 fully saturated rings. The number of fused-ring (bicyclic) bond motifs is 1. The molecule has 0 aromatic carbocycles. The summed E-state index contributed by atoms with van der Waals surface area (Å²) in [6.45, 7) is 6.19. The van der Waals surface area contributed by atoms with Crippen LogP contribution in [0.25, 0.3) is 0 Å². The zero-order valence-corrected chi connectivity index (χ0v) is 16.9. The topological polar surface area (TPSA) is 135 Å². The smallest absolute Gasteiger partial charge is 0.303 e. The molecular weight excluding hydrogens is 390 g/mol. The van der Waals surface area contributed by atoms with E-state index in [2.05, 4.69) is 0 Å². The average Bonchev–Trinajstić information content (AvgIpc) is 2.85. The first-order chi connectivity index (χ1) is 13.5. The van der Waals surface area contributed by atoms with Gasteiger partial charge in [0.25, 0.3) is 0 Å². The van der Waals surface area contributed by atoms with Gasteiger partial charge >= 0.3 is 29.8 Å². The molecule has 0 bridgehead atoms. The first kappa shape index (κ1) is 22.6. The van der Waals surface area contributed by atoms with Crippen molar-refractivity contribution in [2.45, 2.75) is 71.2 Å². The SMILES string of the molecule is CC(=O)O[C@@H]1[C@H](OC(C)=O)[C@H]2[C@@H](OC(C)=O)[C@H](OC(C)=O)CN2C[C@@H]1OC(C)=O. The second kappa shape index (κ2) is 9.21. The highest BCUT2D eigenvalue weighted by molar-refractivity contribution is 5.69. The molecule has 2 aliphatic heterocycles. The van der Waals surface area contributed by atoms with Crippen LogP contribution in [0.4, 0.5) is 0 Å². The lowest BCUT2D eigenvalue weighted by Crippen LogP contribution is -2.64. The fourth-order valence-electron chi connectivity index (χ4n) is 3.85. The Labute approximate surface area is 167 Å². The van der Waals surface area contributed by atoms with Gasteiger partial charge in [-0.3, -0.25) is 28.9 Å². The summed E-state index contributed by atoms with van der Waals surface area (Å²) < 4.78 is 26.7. The van der Waals surface area contributed by atoms with Gasteiger partial charge in [-0.25, -0.2) is 0 Å². The lowest BCUT2D eigenvalue weighted by molar-refractivity contribution is -0.207. The summed E-state index contributed by atoms with van der Waals surface area (Å²) in [5.74, 6) is -3.16. The van der Waals surface area contributed by atoms with Crippen molar-refractivity contribution in [3.05, 3.63) is 0 Å². The summed E-state index contributed by atoms with van der Waals surface area (Å²) in [7, 11) is 0. The van der Waals surface area contributed by atoms with Gasteiger partial charge in [0, 0.05) is 47.7 Å². The quantitative estimate of drug-likeness (QED) is 0.418. The number of carbonyl (C=O) groups is 5. The van der Waals surface area contributed by atoms with Crippen LogP contribution in [0.2, 0.25) is 0 Å². The molecule has 2 aliphatic rings. The third-order valence-corrected chi connectivity index (χ3v) is 4.52. The molecular formula is C18H25NO10. The van der Waals surface area contributed by atoms with E-state index < -0.39 is 66.4 Å². The molecule has 29 heavy (non-hydrogen) atoms. The molecule has 0 amide bonds. The molecule has 0 aliphatic carbocycles. The highest BCUT2D eigenvalue weighted by Crippen LogP contribution is 2.36. The summed E-state index contributed by atoms with van der Waals surface area (Å²) in [5.41, 5.74) is 0. The molecule has 11 heteroatoms. The van der Waals surface area contributed by atoms with Gasteiger partial charge in [-0.1, -0.05) is 0 Å². The van der Waals surface area contributed by atoms with E-state index in [1.54, 1.807) is 4.90 Å². The second-order valence-corrected chi connectivity index (χ2v) is 6.96. The standard InChI is InChI=1S/C18H25NO10/c1-8(20)25-13-6-19-7-14(26-9(2)21)17(28-11(4)23)18(29-12(5)24)15(19)16(13)27-10(3)22/h13-18H,6-7H2,1-5H3/t13-,14+,15-,16+,17+,18-/m1/s1. The molecule has 0 aromatic heterocycles. The van der Waals surface area contributed by atoms with Crippen molar-refractivity contribution in [3.8, 4) is 0 Å². The molecule has 11 nitrogen and oxygen atoms in total. The molecule has 0 unspecified atom stereocenters. The zero-order chi connectivity index (χ0) is 21.9. The number of rotatable bonds is 5. The van der Waals surface area contributed by atoms with Crippen LogP contribution in [0.1, 0.15) is 34.6 Å². The minimum atomic E-state index is -1.13. The maximum atomic E-state index is 11.8. The van der Waals surface area contributed by atoms with E-state index in [4.69, 9.17) is 23.7 Å². The summed E-state index contributed by atoms with van der Waals surface area (Å²) in [6.07, 6.45) is -5.01. The lowest BCUT2D eigenvalue weighted by atomic mass is 9.91. The van der Waals surface area contributed by atoms with E-state index >= 15 is 0 Å². The summed E-state index contributed by atoms with van der Waals surface area (Å²) in [5, 5.41) is 0. The van der Waals surface area contributed by atoms with Crippen LogP contribution in [0.5, 0.6) is 0 Å². The highest BCUT2D eigenvalue weighted by atomic mass is 16.6. The molecule has 162 valence electrons. The Balaban J connectivity index is 2.46. The minimum absolute atomic E-state index is 0.0927. The summed E-state index contributed by atoms with van der Waals surface area (Å²) in [6, 6.07) is -0.775. The Morgan fingerprint density at radius 1 is 0.552 bits per heavy atom. The molecule has 2 saturated heterocycles. The van der Waals surface area contributed by atoms with Gasteiger partial charge in [0.1, 0.15) is 0 Å². The van der Waals surface area contributed by atoms with Crippen molar-refractivity contribution in [1.29, 1.82) is 0 Å². The maximum absolute atomic E-state index is 11.8. The molecule has 2 heterocycles. The van der Waals surface area contributed by atoms with E-state index in [0.717, 1.165) is 0 Å². The van der Waals surface area contributed by atoms with Crippen molar-refractivity contribution < 1.29 is 47.7 Å². The van der Waals surface area contributed by atoms with Crippen LogP contribution in [0.3, 0.4) is 0 Å². The first-order valence-electron chi connectivity index (χ1n) is 9.09. The van der Waals surface area contributed by atoms with Gasteiger partial charge < -0.3 is 23.7 Å². The Bertz CT molecular complexity index is 692. The largest absolute Gasteiger partial charge is 0.457 e. The fourth-order valence-corrected chi connectivity index (χ4v) is 3.85. The number of esters is 5. The van der Waals surface area contributed by atoms with E-state index in [1.165, 1.54) is 34.6 Å². The van der Waals surface area contributed by atoms with Crippen molar-refractivity contribution in [2.24, 2.45) is 0 Å². The predicted octanol–water partition coefficient (Wildman–Crippen LogP) is -0.657. The van der Waals surface area contributed by atoms with Gasteiger partial charge in [-0.2, -0.15) is 0 Å².